The Hall–Kier alpha value is -1.30. The summed E-state index contributed by atoms with van der Waals surface area (Å²) in [7, 11) is 3.29. The molecule has 0 bridgehead atoms. The molecular formula is C15H28N2O4. The fraction of sp³-hybridized carbons (Fsp3) is 0.867. The van der Waals surface area contributed by atoms with Crippen LogP contribution in [0.2, 0.25) is 0 Å². The lowest BCUT2D eigenvalue weighted by Crippen LogP contribution is -2.59. The highest BCUT2D eigenvalue weighted by atomic mass is 16.5. The number of carboxylic acids is 1. The molecule has 2 N–H and O–H groups in total. The zero-order valence-corrected chi connectivity index (χ0v) is 13.6. The molecule has 0 aromatic carbocycles. The van der Waals surface area contributed by atoms with Crippen LogP contribution in [0.15, 0.2) is 0 Å². The van der Waals surface area contributed by atoms with Crippen molar-refractivity contribution in [1.82, 2.24) is 10.2 Å². The maximum Gasteiger partial charge on any atom is 0.318 e. The number of urea groups is 1. The third-order valence-corrected chi connectivity index (χ3v) is 4.23. The van der Waals surface area contributed by atoms with E-state index in [2.05, 4.69) is 5.32 Å². The number of hydrogen-bond donors (Lipinski definition) is 2. The van der Waals surface area contributed by atoms with Crippen LogP contribution in [0.3, 0.4) is 0 Å². The second-order valence-corrected chi connectivity index (χ2v) is 6.66. The number of rotatable bonds is 6. The van der Waals surface area contributed by atoms with Crippen LogP contribution in [0.25, 0.3) is 0 Å². The van der Waals surface area contributed by atoms with Gasteiger partial charge in [0.15, 0.2) is 0 Å². The lowest BCUT2D eigenvalue weighted by molar-refractivity contribution is -0.140. The van der Waals surface area contributed by atoms with Crippen molar-refractivity contribution in [2.45, 2.75) is 63.5 Å². The standard InChI is InChI=1S/C15H28N2O4/c1-14(2,11-21-4)16-13(20)17(3)15(10-12(18)19)8-6-5-7-9-15/h5-11H2,1-4H3,(H,16,20)(H,18,19). The molecular weight excluding hydrogens is 272 g/mol. The molecule has 6 heteroatoms. The molecule has 6 nitrogen and oxygen atoms in total. The first-order valence-electron chi connectivity index (χ1n) is 7.49. The molecule has 0 aliphatic heterocycles. The van der Waals surface area contributed by atoms with Crippen molar-refractivity contribution in [3.05, 3.63) is 0 Å². The van der Waals surface area contributed by atoms with Crippen LogP contribution in [0.5, 0.6) is 0 Å². The molecule has 1 saturated carbocycles. The Kier molecular flexibility index (Phi) is 6.01. The van der Waals surface area contributed by atoms with Gasteiger partial charge in [-0.1, -0.05) is 19.3 Å². The van der Waals surface area contributed by atoms with Crippen molar-refractivity contribution < 1.29 is 19.4 Å². The quantitative estimate of drug-likeness (QED) is 0.788. The molecule has 0 spiro atoms. The zero-order chi connectivity index (χ0) is 16.1. The van der Waals surface area contributed by atoms with Gasteiger partial charge in [0.25, 0.3) is 0 Å². The fourth-order valence-corrected chi connectivity index (χ4v) is 3.11. The van der Waals surface area contributed by atoms with Gasteiger partial charge in [0.2, 0.25) is 0 Å². The summed E-state index contributed by atoms with van der Waals surface area (Å²) in [6.07, 6.45) is 4.52. The number of nitrogens with zero attached hydrogens (tertiary/aromatic N) is 1. The first-order valence-corrected chi connectivity index (χ1v) is 7.49. The fourth-order valence-electron chi connectivity index (χ4n) is 3.11. The largest absolute Gasteiger partial charge is 0.481 e. The predicted octanol–water partition coefficient (Wildman–Crippen LogP) is 2.23. The van der Waals surface area contributed by atoms with Gasteiger partial charge in [-0.25, -0.2) is 4.79 Å². The third kappa shape index (κ3) is 4.88. The van der Waals surface area contributed by atoms with Crippen molar-refractivity contribution in [1.29, 1.82) is 0 Å². The monoisotopic (exact) mass is 300 g/mol. The first-order chi connectivity index (χ1) is 9.72. The number of aliphatic carboxylic acids is 1. The van der Waals surface area contributed by atoms with Crippen molar-refractivity contribution in [3.63, 3.8) is 0 Å². The van der Waals surface area contributed by atoms with Crippen LogP contribution in [0, 0.1) is 0 Å². The van der Waals surface area contributed by atoms with Crippen molar-refractivity contribution in [2.75, 3.05) is 20.8 Å². The Labute approximate surface area is 126 Å². The topological polar surface area (TPSA) is 78.9 Å². The van der Waals surface area contributed by atoms with Gasteiger partial charge in [-0.15, -0.1) is 0 Å². The Balaban J connectivity index is 2.82. The molecule has 1 rings (SSSR count). The molecule has 0 atom stereocenters. The molecule has 122 valence electrons. The minimum absolute atomic E-state index is 0.00161. The molecule has 0 saturated heterocycles. The Morgan fingerprint density at radius 1 is 1.29 bits per heavy atom. The van der Waals surface area contributed by atoms with Gasteiger partial charge >= 0.3 is 12.0 Å². The number of ether oxygens (including phenoxy) is 1. The highest BCUT2D eigenvalue weighted by Gasteiger charge is 2.41. The van der Waals surface area contributed by atoms with Crippen LogP contribution in [0.4, 0.5) is 4.79 Å². The first kappa shape index (κ1) is 17.8. The summed E-state index contributed by atoms with van der Waals surface area (Å²) in [6, 6.07) is -0.236. The summed E-state index contributed by atoms with van der Waals surface area (Å²) < 4.78 is 5.10. The van der Waals surface area contributed by atoms with E-state index in [1.165, 1.54) is 0 Å². The van der Waals surface area contributed by atoms with Crippen LogP contribution < -0.4 is 5.32 Å². The van der Waals surface area contributed by atoms with E-state index in [4.69, 9.17) is 4.74 Å². The van der Waals surface area contributed by atoms with Crippen LogP contribution in [0.1, 0.15) is 52.4 Å². The molecule has 0 radical (unpaired) electrons. The highest BCUT2D eigenvalue weighted by molar-refractivity contribution is 5.77. The average Bonchev–Trinajstić information content (AvgIpc) is 2.37. The zero-order valence-electron chi connectivity index (χ0n) is 13.6. The van der Waals surface area contributed by atoms with Gasteiger partial charge < -0.3 is 20.1 Å². The summed E-state index contributed by atoms with van der Waals surface area (Å²) in [4.78, 5) is 25.3. The Morgan fingerprint density at radius 3 is 2.33 bits per heavy atom. The number of carboxylic acid groups (broad SMARTS) is 1. The van der Waals surface area contributed by atoms with Crippen molar-refractivity contribution in [2.24, 2.45) is 0 Å². The van der Waals surface area contributed by atoms with Gasteiger partial charge in [0.1, 0.15) is 0 Å². The van der Waals surface area contributed by atoms with E-state index >= 15 is 0 Å². The minimum Gasteiger partial charge on any atom is -0.481 e. The van der Waals surface area contributed by atoms with E-state index in [1.807, 2.05) is 13.8 Å². The van der Waals surface area contributed by atoms with Crippen LogP contribution in [-0.4, -0.2) is 53.8 Å². The molecule has 21 heavy (non-hydrogen) atoms. The summed E-state index contributed by atoms with van der Waals surface area (Å²) in [5.41, 5.74) is -1.06. The number of carbonyl (C=O) groups is 2. The minimum atomic E-state index is -0.854. The Bertz CT molecular complexity index is 376. The maximum atomic E-state index is 12.5. The number of amides is 2. The number of hydrogen-bond acceptors (Lipinski definition) is 3. The lowest BCUT2D eigenvalue weighted by atomic mass is 9.78. The summed E-state index contributed by atoms with van der Waals surface area (Å²) in [5, 5.41) is 12.1. The summed E-state index contributed by atoms with van der Waals surface area (Å²) in [6.45, 7) is 4.17. The Morgan fingerprint density at radius 2 is 1.86 bits per heavy atom. The molecule has 0 aromatic rings. The molecule has 1 fully saturated rings. The maximum absolute atomic E-state index is 12.5. The van der Waals surface area contributed by atoms with E-state index in [0.29, 0.717) is 6.61 Å². The van der Waals surface area contributed by atoms with Gasteiger partial charge in [0.05, 0.1) is 24.1 Å². The highest BCUT2D eigenvalue weighted by Crippen LogP contribution is 2.36. The van der Waals surface area contributed by atoms with Gasteiger partial charge in [-0.3, -0.25) is 4.79 Å². The molecule has 1 aliphatic rings. The second-order valence-electron chi connectivity index (χ2n) is 6.66. The second kappa shape index (κ2) is 7.11. The number of carbonyl (C=O) groups excluding carboxylic acids is 1. The van der Waals surface area contributed by atoms with E-state index in [1.54, 1.807) is 19.1 Å². The van der Waals surface area contributed by atoms with Gasteiger partial charge in [-0.2, -0.15) is 0 Å². The lowest BCUT2D eigenvalue weighted by Gasteiger charge is -2.44. The summed E-state index contributed by atoms with van der Waals surface area (Å²) in [5.74, 6) is -0.854. The molecule has 2 amide bonds. The van der Waals surface area contributed by atoms with Crippen molar-refractivity contribution >= 4 is 12.0 Å². The van der Waals surface area contributed by atoms with E-state index in [9.17, 15) is 14.7 Å². The summed E-state index contributed by atoms with van der Waals surface area (Å²) >= 11 is 0. The van der Waals surface area contributed by atoms with Crippen molar-refractivity contribution in [3.8, 4) is 0 Å². The third-order valence-electron chi connectivity index (χ3n) is 4.23. The molecule has 0 unspecified atom stereocenters. The van der Waals surface area contributed by atoms with Gasteiger partial charge in [0, 0.05) is 14.2 Å². The molecule has 1 aliphatic carbocycles. The van der Waals surface area contributed by atoms with Gasteiger partial charge in [-0.05, 0) is 26.7 Å². The number of nitrogens with one attached hydrogen (secondary N) is 1. The van der Waals surface area contributed by atoms with E-state index in [-0.39, 0.29) is 12.5 Å². The predicted molar refractivity (Wildman–Crippen MR) is 80.3 cm³/mol. The SMILES string of the molecule is COCC(C)(C)NC(=O)N(C)C1(CC(=O)O)CCCCC1. The van der Waals surface area contributed by atoms with Crippen LogP contribution in [-0.2, 0) is 9.53 Å². The van der Waals surface area contributed by atoms with Crippen LogP contribution >= 0.6 is 0 Å². The normalized spacial score (nSPS) is 18.1. The number of methoxy groups -OCH3 is 1. The van der Waals surface area contributed by atoms with E-state index in [0.717, 1.165) is 32.1 Å². The molecule has 0 heterocycles. The average molecular weight is 300 g/mol. The molecule has 0 aromatic heterocycles. The van der Waals surface area contributed by atoms with E-state index < -0.39 is 17.0 Å². The smallest absolute Gasteiger partial charge is 0.318 e.